The van der Waals surface area contributed by atoms with Crippen molar-refractivity contribution >= 4 is 27.3 Å². The first kappa shape index (κ1) is 21.9. The van der Waals surface area contributed by atoms with Crippen LogP contribution in [-0.4, -0.2) is 49.7 Å². The number of hydrogen-bond acceptors (Lipinski definition) is 4. The molecule has 0 bridgehead atoms. The van der Waals surface area contributed by atoms with Gasteiger partial charge in [0.25, 0.3) is 5.91 Å². The van der Waals surface area contributed by atoms with Crippen LogP contribution in [-0.2, 0) is 10.0 Å². The molecule has 1 saturated heterocycles. The quantitative estimate of drug-likeness (QED) is 0.632. The molecule has 6 nitrogen and oxygen atoms in total. The molecule has 1 fully saturated rings. The molecule has 1 aliphatic heterocycles. The summed E-state index contributed by atoms with van der Waals surface area (Å²) in [5.74, 6) is -2.08. The largest absolute Gasteiger partial charge is 0.355 e. The molecule has 0 saturated carbocycles. The Morgan fingerprint density at radius 1 is 0.844 bits per heavy atom. The third-order valence-electron chi connectivity index (χ3n) is 5.25. The summed E-state index contributed by atoms with van der Waals surface area (Å²) >= 11 is 0. The molecule has 32 heavy (non-hydrogen) atoms. The molecular weight excluding hydrogens is 436 g/mol. The average molecular weight is 458 g/mol. The number of hydrogen-bond donors (Lipinski definition) is 1. The van der Waals surface area contributed by atoms with Crippen LogP contribution in [0.5, 0.6) is 0 Å². The van der Waals surface area contributed by atoms with Gasteiger partial charge in [-0.1, -0.05) is 30.3 Å². The molecule has 166 valence electrons. The Morgan fingerprint density at radius 3 is 2.22 bits per heavy atom. The van der Waals surface area contributed by atoms with E-state index in [9.17, 15) is 22.0 Å². The Labute approximate surface area is 185 Å². The molecule has 0 radical (unpaired) electrons. The van der Waals surface area contributed by atoms with Gasteiger partial charge in [-0.15, -0.1) is 0 Å². The van der Waals surface area contributed by atoms with Gasteiger partial charge in [0.15, 0.2) is 0 Å². The Hall–Kier alpha value is -3.30. The van der Waals surface area contributed by atoms with Gasteiger partial charge in [-0.3, -0.25) is 4.79 Å². The molecule has 9 heteroatoms. The molecular formula is C23H21F2N3O3S. The summed E-state index contributed by atoms with van der Waals surface area (Å²) in [6.45, 7) is 0.236. The number of halogens is 2. The zero-order valence-electron chi connectivity index (χ0n) is 17.0. The van der Waals surface area contributed by atoms with E-state index in [-0.39, 0.29) is 32.1 Å². The summed E-state index contributed by atoms with van der Waals surface area (Å²) in [6, 6.07) is 18.8. The SMILES string of the molecule is O=C(c1ccccc1Nc1ccccc1)N1CCN(S(=O)(=O)c2cc(F)ccc2F)CC1. The number of piperazine rings is 1. The molecule has 3 aromatic carbocycles. The molecule has 0 unspecified atom stereocenters. The van der Waals surface area contributed by atoms with E-state index in [4.69, 9.17) is 0 Å². The summed E-state index contributed by atoms with van der Waals surface area (Å²) in [6.07, 6.45) is 0. The number of amides is 1. The minimum absolute atomic E-state index is 0.0156. The van der Waals surface area contributed by atoms with Gasteiger partial charge in [0, 0.05) is 31.9 Å². The molecule has 3 aromatic rings. The highest BCUT2D eigenvalue weighted by Crippen LogP contribution is 2.25. The van der Waals surface area contributed by atoms with Gasteiger partial charge in [-0.25, -0.2) is 17.2 Å². The summed E-state index contributed by atoms with van der Waals surface area (Å²) in [5.41, 5.74) is 1.94. The summed E-state index contributed by atoms with van der Waals surface area (Å²) in [4.78, 5) is 14.0. The predicted octanol–water partition coefficient (Wildman–Crippen LogP) is 3.86. The second-order valence-electron chi connectivity index (χ2n) is 7.31. The summed E-state index contributed by atoms with van der Waals surface area (Å²) < 4.78 is 54.1. The smallest absolute Gasteiger partial charge is 0.256 e. The number of benzene rings is 3. The molecule has 1 aliphatic rings. The van der Waals surface area contributed by atoms with Crippen molar-refractivity contribution in [2.45, 2.75) is 4.90 Å². The van der Waals surface area contributed by atoms with Crippen molar-refractivity contribution in [3.8, 4) is 0 Å². The zero-order chi connectivity index (χ0) is 22.7. The molecule has 0 spiro atoms. The summed E-state index contributed by atoms with van der Waals surface area (Å²) in [7, 11) is -4.21. The van der Waals surface area contributed by atoms with E-state index >= 15 is 0 Å². The van der Waals surface area contributed by atoms with Crippen LogP contribution in [0, 0.1) is 11.6 Å². The van der Waals surface area contributed by atoms with Gasteiger partial charge in [0.05, 0.1) is 11.3 Å². The average Bonchev–Trinajstić information content (AvgIpc) is 2.81. The van der Waals surface area contributed by atoms with Gasteiger partial charge in [-0.05, 0) is 42.5 Å². The maximum Gasteiger partial charge on any atom is 0.256 e. The van der Waals surface area contributed by atoms with E-state index in [1.807, 2.05) is 36.4 Å². The number of sulfonamides is 1. The maximum absolute atomic E-state index is 14.0. The van der Waals surface area contributed by atoms with E-state index in [0.717, 1.165) is 22.1 Å². The van der Waals surface area contributed by atoms with Crippen molar-refractivity contribution in [1.82, 2.24) is 9.21 Å². The fourth-order valence-corrected chi connectivity index (χ4v) is 5.07. The zero-order valence-corrected chi connectivity index (χ0v) is 17.9. The van der Waals surface area contributed by atoms with E-state index in [1.165, 1.54) is 0 Å². The van der Waals surface area contributed by atoms with Crippen LogP contribution in [0.4, 0.5) is 20.2 Å². The molecule has 1 heterocycles. The Bertz CT molecular complexity index is 1230. The van der Waals surface area contributed by atoms with Crippen molar-refractivity contribution in [3.05, 3.63) is 90.0 Å². The molecule has 0 aliphatic carbocycles. The van der Waals surface area contributed by atoms with Crippen LogP contribution in [0.3, 0.4) is 0 Å². The van der Waals surface area contributed by atoms with Gasteiger partial charge < -0.3 is 10.2 Å². The lowest BCUT2D eigenvalue weighted by Gasteiger charge is -2.34. The lowest BCUT2D eigenvalue weighted by Crippen LogP contribution is -2.50. The van der Waals surface area contributed by atoms with Gasteiger partial charge >= 0.3 is 0 Å². The first-order valence-electron chi connectivity index (χ1n) is 10.0. The van der Waals surface area contributed by atoms with Crippen LogP contribution in [0.25, 0.3) is 0 Å². The fraction of sp³-hybridized carbons (Fsp3) is 0.174. The number of rotatable bonds is 5. The maximum atomic E-state index is 14.0. The fourth-order valence-electron chi connectivity index (χ4n) is 3.57. The highest BCUT2D eigenvalue weighted by Gasteiger charge is 2.33. The normalized spacial score (nSPS) is 14.9. The lowest BCUT2D eigenvalue weighted by molar-refractivity contribution is 0.0698. The third-order valence-corrected chi connectivity index (χ3v) is 7.16. The second-order valence-corrected chi connectivity index (χ2v) is 9.21. The monoisotopic (exact) mass is 457 g/mol. The first-order chi connectivity index (χ1) is 15.4. The number of carbonyl (C=O) groups is 1. The highest BCUT2D eigenvalue weighted by atomic mass is 32.2. The van der Waals surface area contributed by atoms with Crippen LogP contribution >= 0.6 is 0 Å². The van der Waals surface area contributed by atoms with Crippen molar-refractivity contribution in [3.63, 3.8) is 0 Å². The predicted molar refractivity (Wildman–Crippen MR) is 117 cm³/mol. The van der Waals surface area contributed by atoms with Crippen LogP contribution in [0.2, 0.25) is 0 Å². The number of para-hydroxylation sites is 2. The molecule has 1 amide bonds. The van der Waals surface area contributed by atoms with Crippen molar-refractivity contribution < 1.29 is 22.0 Å². The van der Waals surface area contributed by atoms with Gasteiger partial charge in [0.1, 0.15) is 16.5 Å². The molecule has 1 N–H and O–H groups in total. The third kappa shape index (κ3) is 4.49. The van der Waals surface area contributed by atoms with Gasteiger partial charge in [0.2, 0.25) is 10.0 Å². The Morgan fingerprint density at radius 2 is 1.50 bits per heavy atom. The number of anilines is 2. The second kappa shape index (κ2) is 9.05. The highest BCUT2D eigenvalue weighted by molar-refractivity contribution is 7.89. The van der Waals surface area contributed by atoms with Crippen LogP contribution in [0.1, 0.15) is 10.4 Å². The van der Waals surface area contributed by atoms with E-state index < -0.39 is 26.6 Å². The summed E-state index contributed by atoms with van der Waals surface area (Å²) in [5, 5.41) is 3.23. The van der Waals surface area contributed by atoms with Crippen LogP contribution in [0.15, 0.2) is 77.7 Å². The van der Waals surface area contributed by atoms with Crippen LogP contribution < -0.4 is 5.32 Å². The van der Waals surface area contributed by atoms with Crippen molar-refractivity contribution in [2.24, 2.45) is 0 Å². The van der Waals surface area contributed by atoms with E-state index in [1.54, 1.807) is 23.1 Å². The van der Waals surface area contributed by atoms with Crippen molar-refractivity contribution in [2.75, 3.05) is 31.5 Å². The van der Waals surface area contributed by atoms with E-state index in [2.05, 4.69) is 5.32 Å². The number of carbonyl (C=O) groups excluding carboxylic acids is 1. The number of nitrogens with zero attached hydrogens (tertiary/aromatic N) is 2. The Balaban J connectivity index is 1.48. The van der Waals surface area contributed by atoms with Crippen molar-refractivity contribution in [1.29, 1.82) is 0 Å². The molecule has 0 atom stereocenters. The number of nitrogens with one attached hydrogen (secondary N) is 1. The van der Waals surface area contributed by atoms with Gasteiger partial charge in [-0.2, -0.15) is 4.31 Å². The first-order valence-corrected chi connectivity index (χ1v) is 11.5. The topological polar surface area (TPSA) is 69.7 Å². The lowest BCUT2D eigenvalue weighted by atomic mass is 10.1. The standard InChI is InChI=1S/C23H21F2N3O3S/c24-17-10-11-20(25)22(16-17)32(30,31)28-14-12-27(13-15-28)23(29)19-8-4-5-9-21(19)26-18-6-2-1-3-7-18/h1-11,16,26H,12-15H2. The molecule has 0 aromatic heterocycles. The Kier molecular flexibility index (Phi) is 6.20. The van der Waals surface area contributed by atoms with E-state index in [0.29, 0.717) is 17.3 Å². The molecule has 4 rings (SSSR count). The minimum atomic E-state index is -4.21. The minimum Gasteiger partial charge on any atom is -0.355 e.